The summed E-state index contributed by atoms with van der Waals surface area (Å²) in [7, 11) is 0. The van der Waals surface area contributed by atoms with Gasteiger partial charge in [-0.15, -0.1) is 0 Å². The molecule has 1 unspecified atom stereocenters. The van der Waals surface area contributed by atoms with E-state index in [0.29, 0.717) is 25.9 Å². The summed E-state index contributed by atoms with van der Waals surface area (Å²) < 4.78 is 0. The van der Waals surface area contributed by atoms with Gasteiger partial charge in [-0.05, 0) is 55.4 Å². The number of nitrogens with zero attached hydrogens (tertiary/aromatic N) is 1. The van der Waals surface area contributed by atoms with E-state index in [0.717, 1.165) is 5.56 Å². The van der Waals surface area contributed by atoms with Crippen LogP contribution in [0.5, 0.6) is 0 Å². The van der Waals surface area contributed by atoms with Crippen LogP contribution in [0.4, 0.5) is 4.79 Å². The molecule has 46 heavy (non-hydrogen) atoms. The Hall–Kier alpha value is -3.56. The molecule has 1 aliphatic carbocycles. The molecule has 3 rings (SSSR count). The third kappa shape index (κ3) is 9.26. The van der Waals surface area contributed by atoms with Crippen LogP contribution in [0.25, 0.3) is 0 Å². The zero-order valence-electron chi connectivity index (χ0n) is 29.1. The average molecular weight is 639 g/mol. The first-order valence-electron chi connectivity index (χ1n) is 16.6. The van der Waals surface area contributed by atoms with Gasteiger partial charge < -0.3 is 20.9 Å². The van der Waals surface area contributed by atoms with Gasteiger partial charge in [-0.25, -0.2) is 4.79 Å². The molecule has 0 aromatic heterocycles. The molecule has 1 aromatic rings. The minimum Gasteiger partial charge on any atom is -0.352 e. The molecule has 5 atom stereocenters. The Bertz CT molecular complexity index is 1310. The Kier molecular flexibility index (Phi) is 11.6. The molecule has 254 valence electrons. The molecule has 10 heteroatoms. The van der Waals surface area contributed by atoms with Gasteiger partial charge in [0, 0.05) is 43.8 Å². The summed E-state index contributed by atoms with van der Waals surface area (Å²) in [5.41, 5.74) is -0.350. The number of carbonyl (C=O) groups is 6. The van der Waals surface area contributed by atoms with E-state index < -0.39 is 46.6 Å². The predicted molar refractivity (Wildman–Crippen MR) is 176 cm³/mol. The van der Waals surface area contributed by atoms with Gasteiger partial charge in [-0.2, -0.15) is 0 Å². The van der Waals surface area contributed by atoms with E-state index in [1.807, 2.05) is 78.8 Å². The molecule has 2 aliphatic rings. The lowest BCUT2D eigenvalue weighted by Crippen LogP contribution is -2.60. The summed E-state index contributed by atoms with van der Waals surface area (Å²) >= 11 is 0. The fourth-order valence-corrected chi connectivity index (χ4v) is 6.71. The first-order chi connectivity index (χ1) is 21.3. The van der Waals surface area contributed by atoms with Crippen LogP contribution in [0.2, 0.25) is 0 Å². The maximum absolute atomic E-state index is 14.1. The number of piperidine rings is 1. The van der Waals surface area contributed by atoms with E-state index in [2.05, 4.69) is 29.8 Å². The van der Waals surface area contributed by atoms with Crippen molar-refractivity contribution >= 4 is 35.2 Å². The number of hydrogen-bond acceptors (Lipinski definition) is 6. The van der Waals surface area contributed by atoms with Crippen LogP contribution in [0, 0.1) is 28.6 Å². The van der Waals surface area contributed by atoms with Gasteiger partial charge >= 0.3 is 6.03 Å². The monoisotopic (exact) mass is 638 g/mol. The van der Waals surface area contributed by atoms with Crippen molar-refractivity contribution in [1.29, 1.82) is 0 Å². The molecule has 2 fully saturated rings. The molecule has 0 spiro atoms. The van der Waals surface area contributed by atoms with Crippen LogP contribution < -0.4 is 16.0 Å². The minimum absolute atomic E-state index is 0.0608. The van der Waals surface area contributed by atoms with Gasteiger partial charge in [0.2, 0.25) is 17.6 Å². The normalized spacial score (nSPS) is 21.4. The molecule has 1 heterocycles. The maximum Gasteiger partial charge on any atom is 0.315 e. The summed E-state index contributed by atoms with van der Waals surface area (Å²) in [5, 5.41) is 8.46. The van der Waals surface area contributed by atoms with Crippen molar-refractivity contribution in [2.24, 2.45) is 28.6 Å². The van der Waals surface area contributed by atoms with E-state index in [1.54, 1.807) is 4.90 Å². The second-order valence-corrected chi connectivity index (χ2v) is 15.7. The molecule has 0 radical (unpaired) electrons. The van der Waals surface area contributed by atoms with Crippen molar-refractivity contribution in [3.63, 3.8) is 0 Å². The number of ketones is 3. The lowest BCUT2D eigenvalue weighted by atomic mass is 9.83. The van der Waals surface area contributed by atoms with Crippen molar-refractivity contribution in [3.05, 3.63) is 35.9 Å². The number of fused-ring (bicyclic) bond motifs is 1. The number of carbonyl (C=O) groups excluding carboxylic acids is 6. The molecular weight excluding hydrogens is 584 g/mol. The zero-order chi connectivity index (χ0) is 34.6. The van der Waals surface area contributed by atoms with Crippen LogP contribution in [-0.2, 0) is 30.5 Å². The molecule has 4 amide bonds. The van der Waals surface area contributed by atoms with E-state index >= 15 is 0 Å². The molecule has 1 aromatic carbocycles. The number of likely N-dealkylation sites (tertiary alicyclic amines) is 1. The van der Waals surface area contributed by atoms with Crippen molar-refractivity contribution in [3.8, 4) is 0 Å². The molecule has 3 N–H and O–H groups in total. The quantitative estimate of drug-likeness (QED) is 0.255. The average Bonchev–Trinajstić information content (AvgIpc) is 3.27. The van der Waals surface area contributed by atoms with E-state index in [9.17, 15) is 28.8 Å². The van der Waals surface area contributed by atoms with Gasteiger partial charge in [-0.3, -0.25) is 24.0 Å². The highest BCUT2D eigenvalue weighted by atomic mass is 16.2. The Balaban J connectivity index is 1.70. The fraction of sp³-hybridized carbons (Fsp3) is 0.667. The largest absolute Gasteiger partial charge is 0.352 e. The second kappa shape index (κ2) is 14.5. The van der Waals surface area contributed by atoms with Crippen molar-refractivity contribution in [1.82, 2.24) is 20.9 Å². The third-order valence-corrected chi connectivity index (χ3v) is 9.34. The Morgan fingerprint density at radius 3 is 2.15 bits per heavy atom. The zero-order valence-corrected chi connectivity index (χ0v) is 29.1. The number of nitrogens with one attached hydrogen (secondary N) is 3. The van der Waals surface area contributed by atoms with Crippen LogP contribution in [-0.4, -0.2) is 64.3 Å². The van der Waals surface area contributed by atoms with Gasteiger partial charge in [0.05, 0.1) is 6.04 Å². The molecule has 1 aliphatic heterocycles. The lowest BCUT2D eigenvalue weighted by Gasteiger charge is -2.38. The van der Waals surface area contributed by atoms with Crippen LogP contribution in [0.3, 0.4) is 0 Å². The van der Waals surface area contributed by atoms with Gasteiger partial charge in [0.25, 0.3) is 0 Å². The second-order valence-electron chi connectivity index (χ2n) is 15.7. The van der Waals surface area contributed by atoms with Gasteiger partial charge in [0.1, 0.15) is 6.04 Å². The number of urea groups is 1. The fourth-order valence-electron chi connectivity index (χ4n) is 6.71. The third-order valence-electron chi connectivity index (χ3n) is 9.34. The Morgan fingerprint density at radius 1 is 0.957 bits per heavy atom. The summed E-state index contributed by atoms with van der Waals surface area (Å²) in [6, 6.07) is 7.31. The highest BCUT2D eigenvalue weighted by Gasteiger charge is 2.69. The standard InChI is InChI=1S/C36H54N4O6/c1-10-14-23(30(44)25(41)17-18-27(43)37-20-22-15-12-11-13-16-22)19-26(42)29-28-24(36(28,8)9)21-40(29)32(45)31(34(2,3)4)38-33(46)39-35(5,6)7/h11-13,15-16,23-24,28-29,31H,10,14,17-21H2,1-9H3,(H,37,43)(H2,38,39,46)/t23?,24-,28-,29+,31+/m0/s1. The number of hydrogen-bond donors (Lipinski definition) is 3. The number of benzene rings is 1. The predicted octanol–water partition coefficient (Wildman–Crippen LogP) is 4.59. The van der Waals surface area contributed by atoms with Crippen molar-refractivity contribution in [2.45, 2.75) is 119 Å². The molecular formula is C36H54N4O6. The van der Waals surface area contributed by atoms with E-state index in [1.165, 1.54) is 0 Å². The summed E-state index contributed by atoms with van der Waals surface area (Å²) in [6.07, 6.45) is 0.461. The minimum atomic E-state index is -0.881. The number of Topliss-reactive ketones (excluding diaryl/α,β-unsaturated/α-hetero) is 3. The SMILES string of the molecule is CCCC(CC(=O)[C@@H]1[C@@H]2[C@H](CN1C(=O)[C@@H](NC(=O)NC(C)(C)C)C(C)(C)C)C2(C)C)C(=O)C(=O)CCC(=O)NCc1ccccc1. The van der Waals surface area contributed by atoms with E-state index in [-0.39, 0.29) is 54.1 Å². The van der Waals surface area contributed by atoms with Crippen LogP contribution >= 0.6 is 0 Å². The summed E-state index contributed by atoms with van der Waals surface area (Å²) in [5.74, 6) is -2.93. The number of amides is 4. The van der Waals surface area contributed by atoms with Crippen molar-refractivity contribution in [2.75, 3.05) is 6.54 Å². The number of rotatable bonds is 14. The molecule has 1 saturated carbocycles. The maximum atomic E-state index is 14.1. The summed E-state index contributed by atoms with van der Waals surface area (Å²) in [6.45, 7) is 17.9. The molecule has 1 saturated heterocycles. The molecule has 10 nitrogen and oxygen atoms in total. The van der Waals surface area contributed by atoms with Gasteiger partial charge in [-0.1, -0.05) is 78.3 Å². The highest BCUT2D eigenvalue weighted by Crippen LogP contribution is 2.65. The smallest absolute Gasteiger partial charge is 0.315 e. The van der Waals surface area contributed by atoms with E-state index in [4.69, 9.17) is 0 Å². The molecule has 0 bridgehead atoms. The topological polar surface area (TPSA) is 142 Å². The van der Waals surface area contributed by atoms with Crippen LogP contribution in [0.1, 0.15) is 100.0 Å². The highest BCUT2D eigenvalue weighted by molar-refractivity contribution is 6.38. The van der Waals surface area contributed by atoms with Gasteiger partial charge in [0.15, 0.2) is 11.6 Å². The first kappa shape index (κ1) is 36.9. The summed E-state index contributed by atoms with van der Waals surface area (Å²) in [4.78, 5) is 81.2. The Morgan fingerprint density at radius 2 is 1.59 bits per heavy atom. The lowest BCUT2D eigenvalue weighted by molar-refractivity contribution is -0.144. The van der Waals surface area contributed by atoms with Crippen molar-refractivity contribution < 1.29 is 28.8 Å². The first-order valence-corrected chi connectivity index (χ1v) is 16.6. The van der Waals surface area contributed by atoms with Crippen LogP contribution in [0.15, 0.2) is 30.3 Å². The Labute approximate surface area is 274 Å².